The molecule has 5 nitrogen and oxygen atoms in total. The molecule has 0 unspecified atom stereocenters. The monoisotopic (exact) mass is 311 g/mol. The van der Waals surface area contributed by atoms with Gasteiger partial charge in [-0.25, -0.2) is 4.79 Å². The topological polar surface area (TPSA) is 70.2 Å². The summed E-state index contributed by atoms with van der Waals surface area (Å²) < 4.78 is 0. The number of rotatable bonds is 10. The molecule has 1 saturated heterocycles. The Labute approximate surface area is 135 Å². The van der Waals surface area contributed by atoms with E-state index in [1.54, 1.807) is 0 Å². The normalized spacial score (nSPS) is 18.4. The van der Waals surface area contributed by atoms with Gasteiger partial charge in [-0.2, -0.15) is 0 Å². The zero-order valence-corrected chi connectivity index (χ0v) is 14.1. The maximum Gasteiger partial charge on any atom is 0.315 e. The van der Waals surface area contributed by atoms with Gasteiger partial charge in [-0.3, -0.25) is 4.79 Å². The van der Waals surface area contributed by atoms with Gasteiger partial charge in [0, 0.05) is 13.1 Å². The Kier molecular flexibility index (Phi) is 10.5. The molecule has 0 radical (unpaired) electrons. The van der Waals surface area contributed by atoms with E-state index >= 15 is 0 Å². The van der Waals surface area contributed by atoms with Crippen molar-refractivity contribution in [2.45, 2.75) is 83.6 Å². The van der Waals surface area contributed by atoms with Crippen molar-refractivity contribution in [1.82, 2.24) is 16.0 Å². The van der Waals surface area contributed by atoms with E-state index in [4.69, 9.17) is 0 Å². The molecular weight excluding hydrogens is 278 g/mol. The van der Waals surface area contributed by atoms with Crippen LogP contribution < -0.4 is 16.0 Å². The quantitative estimate of drug-likeness (QED) is 0.543. The Morgan fingerprint density at radius 2 is 1.77 bits per heavy atom. The summed E-state index contributed by atoms with van der Waals surface area (Å²) in [6, 6.07) is -0.592. The number of amides is 3. The Morgan fingerprint density at radius 1 is 1.09 bits per heavy atom. The number of hydrogen-bond acceptors (Lipinski definition) is 2. The molecule has 0 spiro atoms. The van der Waals surface area contributed by atoms with Crippen LogP contribution >= 0.6 is 0 Å². The van der Waals surface area contributed by atoms with Crippen LogP contribution in [-0.2, 0) is 4.79 Å². The summed E-state index contributed by atoms with van der Waals surface area (Å²) in [7, 11) is 0. The Balaban J connectivity index is 1.98. The van der Waals surface area contributed by atoms with Crippen LogP contribution in [0.3, 0.4) is 0 Å². The highest BCUT2D eigenvalue weighted by Crippen LogP contribution is 2.08. The number of hydrogen-bond donors (Lipinski definition) is 3. The van der Waals surface area contributed by atoms with Crippen LogP contribution in [0.15, 0.2) is 0 Å². The zero-order valence-electron chi connectivity index (χ0n) is 14.1. The van der Waals surface area contributed by atoms with Gasteiger partial charge in [0.05, 0.1) is 0 Å². The van der Waals surface area contributed by atoms with E-state index in [0.29, 0.717) is 6.54 Å². The number of carbonyl (C=O) groups excluding carboxylic acids is 2. The van der Waals surface area contributed by atoms with E-state index in [2.05, 4.69) is 22.9 Å². The molecular formula is C17H33N3O2. The third-order valence-corrected chi connectivity index (χ3v) is 4.16. The molecule has 0 bridgehead atoms. The summed E-state index contributed by atoms with van der Waals surface area (Å²) in [6.45, 7) is 3.64. The third-order valence-electron chi connectivity index (χ3n) is 4.16. The minimum Gasteiger partial charge on any atom is -0.354 e. The second kappa shape index (κ2) is 12.3. The smallest absolute Gasteiger partial charge is 0.315 e. The molecule has 0 saturated carbocycles. The molecule has 1 aliphatic heterocycles. The first kappa shape index (κ1) is 18.8. The van der Waals surface area contributed by atoms with Crippen LogP contribution in [0.2, 0.25) is 0 Å². The Bertz CT molecular complexity index is 321. The fourth-order valence-corrected chi connectivity index (χ4v) is 2.75. The van der Waals surface area contributed by atoms with Crippen LogP contribution in [0.1, 0.15) is 77.6 Å². The van der Waals surface area contributed by atoms with E-state index < -0.39 is 0 Å². The van der Waals surface area contributed by atoms with Crippen molar-refractivity contribution in [2.75, 3.05) is 13.1 Å². The van der Waals surface area contributed by atoms with E-state index in [9.17, 15) is 9.59 Å². The van der Waals surface area contributed by atoms with Gasteiger partial charge in [-0.1, -0.05) is 51.9 Å². The van der Waals surface area contributed by atoms with Crippen molar-refractivity contribution in [3.63, 3.8) is 0 Å². The fourth-order valence-electron chi connectivity index (χ4n) is 2.75. The van der Waals surface area contributed by atoms with Gasteiger partial charge in [0.15, 0.2) is 0 Å². The molecule has 1 aliphatic rings. The molecule has 1 fully saturated rings. The molecule has 128 valence electrons. The van der Waals surface area contributed by atoms with Crippen molar-refractivity contribution >= 4 is 11.9 Å². The molecule has 0 aromatic rings. The molecule has 0 aromatic carbocycles. The number of carbonyl (C=O) groups is 2. The van der Waals surface area contributed by atoms with Crippen molar-refractivity contribution in [2.24, 2.45) is 0 Å². The summed E-state index contributed by atoms with van der Waals surface area (Å²) in [4.78, 5) is 23.5. The molecule has 1 heterocycles. The molecule has 0 aliphatic carbocycles. The molecule has 1 atom stereocenters. The highest BCUT2D eigenvalue weighted by molar-refractivity contribution is 5.87. The predicted octanol–water partition coefficient (Wildman–Crippen LogP) is 3.10. The zero-order chi connectivity index (χ0) is 16.0. The van der Waals surface area contributed by atoms with E-state index in [1.165, 1.54) is 38.5 Å². The molecule has 0 aromatic heterocycles. The fraction of sp³-hybridized carbons (Fsp3) is 0.882. The highest BCUT2D eigenvalue weighted by atomic mass is 16.2. The van der Waals surface area contributed by atoms with Gasteiger partial charge >= 0.3 is 6.03 Å². The molecule has 3 amide bonds. The third kappa shape index (κ3) is 8.90. The van der Waals surface area contributed by atoms with Crippen LogP contribution in [-0.4, -0.2) is 31.1 Å². The van der Waals surface area contributed by atoms with Gasteiger partial charge in [-0.05, 0) is 25.7 Å². The maximum absolute atomic E-state index is 11.8. The minimum atomic E-state index is -0.374. The first-order valence-corrected chi connectivity index (χ1v) is 9.06. The van der Waals surface area contributed by atoms with E-state index in [1.807, 2.05) is 0 Å². The lowest BCUT2D eigenvalue weighted by molar-refractivity contribution is -0.122. The highest BCUT2D eigenvalue weighted by Gasteiger charge is 2.21. The van der Waals surface area contributed by atoms with Crippen molar-refractivity contribution in [1.29, 1.82) is 0 Å². The lowest BCUT2D eigenvalue weighted by atomic mass is 10.1. The summed E-state index contributed by atoms with van der Waals surface area (Å²) >= 11 is 0. The first-order chi connectivity index (χ1) is 10.7. The summed E-state index contributed by atoms with van der Waals surface area (Å²) in [5, 5.41) is 8.45. The number of nitrogens with one attached hydrogen (secondary N) is 3. The van der Waals surface area contributed by atoms with Crippen LogP contribution in [0, 0.1) is 0 Å². The minimum absolute atomic E-state index is 0.0558. The van der Waals surface area contributed by atoms with Gasteiger partial charge in [-0.15, -0.1) is 0 Å². The predicted molar refractivity (Wildman–Crippen MR) is 89.8 cm³/mol. The lowest BCUT2D eigenvalue weighted by Gasteiger charge is -2.15. The summed E-state index contributed by atoms with van der Waals surface area (Å²) in [5.41, 5.74) is 0. The van der Waals surface area contributed by atoms with Crippen LogP contribution in [0.25, 0.3) is 0 Å². The first-order valence-electron chi connectivity index (χ1n) is 9.06. The van der Waals surface area contributed by atoms with Crippen molar-refractivity contribution in [3.05, 3.63) is 0 Å². The van der Waals surface area contributed by atoms with Crippen LogP contribution in [0.4, 0.5) is 4.79 Å². The lowest BCUT2D eigenvalue weighted by Crippen LogP contribution is -2.49. The number of unbranched alkanes of at least 4 members (excludes halogenated alkanes) is 7. The second-order valence-corrected chi connectivity index (χ2v) is 6.21. The summed E-state index contributed by atoms with van der Waals surface area (Å²) in [5.74, 6) is -0.0558. The van der Waals surface area contributed by atoms with Gasteiger partial charge in [0.1, 0.15) is 6.04 Å². The van der Waals surface area contributed by atoms with Gasteiger partial charge in [0.2, 0.25) is 5.91 Å². The van der Waals surface area contributed by atoms with Crippen LogP contribution in [0.5, 0.6) is 0 Å². The van der Waals surface area contributed by atoms with E-state index in [-0.39, 0.29) is 18.0 Å². The second-order valence-electron chi connectivity index (χ2n) is 6.21. The average Bonchev–Trinajstić information content (AvgIpc) is 2.71. The average molecular weight is 311 g/mol. The van der Waals surface area contributed by atoms with Gasteiger partial charge in [0.25, 0.3) is 0 Å². The SMILES string of the molecule is CCCCCCCCCCNC(=O)N[C@H]1CCCCNC1=O. The van der Waals surface area contributed by atoms with E-state index in [0.717, 1.165) is 38.6 Å². The van der Waals surface area contributed by atoms with Crippen molar-refractivity contribution in [3.8, 4) is 0 Å². The standard InChI is InChI=1S/C17H33N3O2/c1-2-3-4-5-6-7-8-10-14-19-17(22)20-15-12-9-11-13-18-16(15)21/h15H,2-14H2,1H3,(H,18,21)(H2,19,20,22)/t15-/m0/s1. The Morgan fingerprint density at radius 3 is 2.50 bits per heavy atom. The molecule has 3 N–H and O–H groups in total. The molecule has 1 rings (SSSR count). The molecule has 5 heteroatoms. The summed E-state index contributed by atoms with van der Waals surface area (Å²) in [6.07, 6.45) is 12.7. The molecule has 22 heavy (non-hydrogen) atoms. The van der Waals surface area contributed by atoms with Gasteiger partial charge < -0.3 is 16.0 Å². The Hall–Kier alpha value is -1.26. The number of urea groups is 1. The van der Waals surface area contributed by atoms with Crippen molar-refractivity contribution < 1.29 is 9.59 Å². The largest absolute Gasteiger partial charge is 0.354 e. The maximum atomic E-state index is 11.8.